The summed E-state index contributed by atoms with van der Waals surface area (Å²) in [7, 11) is -3.99. The molecule has 0 aromatic heterocycles. The number of hydrogen-bond acceptors (Lipinski definition) is 4. The van der Waals surface area contributed by atoms with Crippen molar-refractivity contribution in [1.29, 1.82) is 0 Å². The minimum absolute atomic E-state index is 0.0272. The van der Waals surface area contributed by atoms with Crippen molar-refractivity contribution in [3.8, 4) is 0 Å². The lowest BCUT2D eigenvalue weighted by Crippen LogP contribution is -2.54. The van der Waals surface area contributed by atoms with Gasteiger partial charge in [-0.3, -0.25) is 4.90 Å². The van der Waals surface area contributed by atoms with Crippen LogP contribution in [0.4, 0.5) is 4.79 Å². The van der Waals surface area contributed by atoms with E-state index < -0.39 is 22.2 Å². The van der Waals surface area contributed by atoms with Crippen LogP contribution in [-0.4, -0.2) is 60.9 Å². The van der Waals surface area contributed by atoms with Crippen LogP contribution < -0.4 is 0 Å². The molecule has 2 atom stereocenters. The summed E-state index contributed by atoms with van der Waals surface area (Å²) in [4.78, 5) is 16.6. The van der Waals surface area contributed by atoms with E-state index in [4.69, 9.17) is 4.74 Å². The average molecular weight is 486 g/mol. The van der Waals surface area contributed by atoms with Crippen LogP contribution in [0.15, 0.2) is 63.9 Å². The lowest BCUT2D eigenvalue weighted by atomic mass is 10.0. The maximum atomic E-state index is 13.3. The quantitative estimate of drug-likeness (QED) is 0.402. The molecule has 1 fully saturated rings. The molecule has 184 valence electrons. The second-order valence-electron chi connectivity index (χ2n) is 9.34. The molecule has 1 unspecified atom stereocenters. The highest BCUT2D eigenvalue weighted by molar-refractivity contribution is 7.90. The average Bonchev–Trinajstić information content (AvgIpc) is 3.13. The second kappa shape index (κ2) is 10.6. The van der Waals surface area contributed by atoms with Crippen LogP contribution in [0, 0.1) is 6.92 Å². The Labute approximate surface area is 203 Å². The molecule has 0 saturated carbocycles. The highest BCUT2D eigenvalue weighted by atomic mass is 32.2. The zero-order valence-electron chi connectivity index (χ0n) is 20.8. The molecule has 1 aliphatic rings. The van der Waals surface area contributed by atoms with Crippen molar-refractivity contribution in [2.75, 3.05) is 6.61 Å². The Hall–Kier alpha value is -2.87. The van der Waals surface area contributed by atoms with Crippen LogP contribution in [0.5, 0.6) is 0 Å². The number of nitrogens with zero attached hydrogens (tertiary/aromatic N) is 3. The summed E-state index contributed by atoms with van der Waals surface area (Å²) in [5, 5.41) is 0. The van der Waals surface area contributed by atoms with Crippen LogP contribution in [0.2, 0.25) is 0 Å². The fourth-order valence-electron chi connectivity index (χ4n) is 4.46. The van der Waals surface area contributed by atoms with E-state index in [9.17, 15) is 13.2 Å². The molecule has 0 aliphatic carbocycles. The van der Waals surface area contributed by atoms with Gasteiger partial charge in [-0.05, 0) is 65.7 Å². The summed E-state index contributed by atoms with van der Waals surface area (Å²) < 4.78 is 36.4. The predicted molar refractivity (Wildman–Crippen MR) is 134 cm³/mol. The predicted octanol–water partition coefficient (Wildman–Crippen LogP) is 4.65. The van der Waals surface area contributed by atoms with Crippen LogP contribution in [0.25, 0.3) is 0 Å². The van der Waals surface area contributed by atoms with Crippen molar-refractivity contribution in [2.45, 2.75) is 77.0 Å². The molecule has 8 heteroatoms. The summed E-state index contributed by atoms with van der Waals surface area (Å²) in [6.45, 7) is 11.9. The van der Waals surface area contributed by atoms with Gasteiger partial charge in [0.2, 0.25) is 0 Å². The van der Waals surface area contributed by atoms with Gasteiger partial charge in [-0.1, -0.05) is 48.0 Å². The monoisotopic (exact) mass is 485 g/mol. The van der Waals surface area contributed by atoms with E-state index in [1.165, 1.54) is 0 Å². The van der Waals surface area contributed by atoms with Gasteiger partial charge in [-0.25, -0.2) is 4.79 Å². The number of carbonyl (C=O) groups excluding carboxylic acids is 1. The van der Waals surface area contributed by atoms with Gasteiger partial charge in [-0.15, -0.1) is 4.40 Å². The minimum atomic E-state index is -3.99. The highest BCUT2D eigenvalue weighted by Crippen LogP contribution is 2.25. The number of benzene rings is 2. The molecule has 3 rings (SSSR count). The zero-order valence-corrected chi connectivity index (χ0v) is 21.6. The number of sulfonamides is 1. The zero-order chi connectivity index (χ0) is 25.0. The third-order valence-corrected chi connectivity index (χ3v) is 7.31. The molecule has 2 aromatic rings. The van der Waals surface area contributed by atoms with E-state index in [1.807, 2.05) is 76.8 Å². The van der Waals surface area contributed by atoms with Crippen molar-refractivity contribution in [2.24, 2.45) is 4.40 Å². The summed E-state index contributed by atoms with van der Waals surface area (Å²) >= 11 is 0. The smallest absolute Gasteiger partial charge is 0.410 e. The fraction of sp³-hybridized carbons (Fsp3) is 0.462. The van der Waals surface area contributed by atoms with Gasteiger partial charge in [-0.2, -0.15) is 8.42 Å². The molecule has 0 bridgehead atoms. The van der Waals surface area contributed by atoms with Crippen LogP contribution in [0.1, 0.15) is 45.7 Å². The van der Waals surface area contributed by atoms with Gasteiger partial charge in [0.15, 0.2) is 0 Å². The van der Waals surface area contributed by atoms with E-state index >= 15 is 0 Å². The molecule has 1 aliphatic heterocycles. The molecule has 1 saturated heterocycles. The molecule has 1 amide bonds. The number of cyclic esters (lactones) is 1. The van der Waals surface area contributed by atoms with Crippen LogP contribution in [-0.2, 0) is 21.2 Å². The van der Waals surface area contributed by atoms with E-state index in [0.717, 1.165) is 11.1 Å². The van der Waals surface area contributed by atoms with E-state index in [0.29, 0.717) is 12.3 Å². The van der Waals surface area contributed by atoms with Crippen molar-refractivity contribution >= 4 is 22.0 Å². The first-order chi connectivity index (χ1) is 16.0. The molecule has 0 radical (unpaired) electrons. The number of ether oxygens (including phenoxy) is 1. The van der Waals surface area contributed by atoms with E-state index in [1.54, 1.807) is 29.2 Å². The number of aryl methyl sites for hydroxylation is 1. The standard InChI is InChI=1S/C26H35N3O4S/c1-18(2)28(19(3)4)25(27-34(31,32)24-14-12-20(5)13-15-24)21(6)29-23(17-33-26(29)30)16-22-10-8-7-9-11-22/h7-15,18-19,21,23H,16-17H2,1-6H3/b27-25-/t21?,23-/m0/s1. The Bertz CT molecular complexity index is 1100. The number of rotatable bonds is 8. The normalized spacial score (nSPS) is 17.9. The van der Waals surface area contributed by atoms with E-state index in [-0.39, 0.29) is 29.6 Å². The molecule has 2 aromatic carbocycles. The molecule has 1 heterocycles. The third kappa shape index (κ3) is 5.78. The first kappa shape index (κ1) is 25.7. The van der Waals surface area contributed by atoms with Crippen molar-refractivity contribution < 1.29 is 17.9 Å². The number of amides is 1. The molecule has 0 spiro atoms. The van der Waals surface area contributed by atoms with Crippen LogP contribution in [0.3, 0.4) is 0 Å². The van der Waals surface area contributed by atoms with Crippen LogP contribution >= 0.6 is 0 Å². The second-order valence-corrected chi connectivity index (χ2v) is 10.9. The molecular formula is C26H35N3O4S. The van der Waals surface area contributed by atoms with Gasteiger partial charge < -0.3 is 9.64 Å². The largest absolute Gasteiger partial charge is 0.447 e. The topological polar surface area (TPSA) is 79.3 Å². The first-order valence-corrected chi connectivity index (χ1v) is 13.1. The summed E-state index contributed by atoms with van der Waals surface area (Å²) in [6.07, 6.45) is 0.152. The fourth-order valence-corrected chi connectivity index (χ4v) is 5.54. The Morgan fingerprint density at radius 2 is 1.62 bits per heavy atom. The van der Waals surface area contributed by atoms with Gasteiger partial charge in [0.25, 0.3) is 10.0 Å². The maximum Gasteiger partial charge on any atom is 0.410 e. The molecule has 34 heavy (non-hydrogen) atoms. The SMILES string of the molecule is Cc1ccc(S(=O)(=O)/N=C(/C(C)N2C(=O)OC[C@@H]2Cc2ccccc2)N(C(C)C)C(C)C)cc1. The van der Waals surface area contributed by atoms with Gasteiger partial charge >= 0.3 is 6.09 Å². The summed E-state index contributed by atoms with van der Waals surface area (Å²) in [5.41, 5.74) is 2.05. The molecule has 7 nitrogen and oxygen atoms in total. The van der Waals surface area contributed by atoms with E-state index in [2.05, 4.69) is 4.40 Å². The highest BCUT2D eigenvalue weighted by Gasteiger charge is 2.41. The first-order valence-electron chi connectivity index (χ1n) is 11.7. The van der Waals surface area contributed by atoms with Gasteiger partial charge in [0.1, 0.15) is 12.4 Å². The molecule has 0 N–H and O–H groups in total. The molecular weight excluding hydrogens is 450 g/mol. The Morgan fingerprint density at radius 1 is 1.03 bits per heavy atom. The van der Waals surface area contributed by atoms with Crippen molar-refractivity contribution in [3.05, 3.63) is 65.7 Å². The number of carbonyl (C=O) groups is 1. The van der Waals surface area contributed by atoms with Gasteiger partial charge in [0, 0.05) is 12.1 Å². The van der Waals surface area contributed by atoms with Crippen molar-refractivity contribution in [1.82, 2.24) is 9.80 Å². The van der Waals surface area contributed by atoms with Crippen molar-refractivity contribution in [3.63, 3.8) is 0 Å². The Balaban J connectivity index is 2.05. The summed E-state index contributed by atoms with van der Waals surface area (Å²) in [5.74, 6) is 0.336. The maximum absolute atomic E-state index is 13.3. The third-order valence-electron chi connectivity index (χ3n) is 6.02. The lowest BCUT2D eigenvalue weighted by Gasteiger charge is -2.39. The Kier molecular flexibility index (Phi) is 8.02. The number of amidine groups is 1. The lowest BCUT2D eigenvalue weighted by molar-refractivity contribution is 0.151. The number of hydrogen-bond donors (Lipinski definition) is 0. The van der Waals surface area contributed by atoms with Gasteiger partial charge in [0.05, 0.1) is 17.0 Å². The summed E-state index contributed by atoms with van der Waals surface area (Å²) in [6, 6.07) is 15.6. The Morgan fingerprint density at radius 3 is 2.18 bits per heavy atom. The minimum Gasteiger partial charge on any atom is -0.447 e.